The second kappa shape index (κ2) is 6.07. The predicted octanol–water partition coefficient (Wildman–Crippen LogP) is 2.81. The molecular formula is C15H18N2O. The van der Waals surface area contributed by atoms with Crippen molar-refractivity contribution < 1.29 is 4.74 Å². The standard InChI is InChI=1S/C15H18N2O/c1-18-15-10-6-5-9-13(15)14(11-16)17-12-7-3-2-4-8-12/h2-10,14,17H,11,16H2,1H3. The van der Waals surface area contributed by atoms with Crippen molar-refractivity contribution in [1.29, 1.82) is 0 Å². The fourth-order valence-electron chi connectivity index (χ4n) is 1.95. The Hall–Kier alpha value is -2.00. The van der Waals surface area contributed by atoms with Crippen molar-refractivity contribution in [1.82, 2.24) is 0 Å². The summed E-state index contributed by atoms with van der Waals surface area (Å²) >= 11 is 0. The molecule has 94 valence electrons. The zero-order valence-electron chi connectivity index (χ0n) is 10.5. The summed E-state index contributed by atoms with van der Waals surface area (Å²) in [6.45, 7) is 0.509. The lowest BCUT2D eigenvalue weighted by Gasteiger charge is -2.20. The van der Waals surface area contributed by atoms with Crippen LogP contribution in [0.2, 0.25) is 0 Å². The molecule has 3 nitrogen and oxygen atoms in total. The molecule has 1 unspecified atom stereocenters. The van der Waals surface area contributed by atoms with Gasteiger partial charge in [0.25, 0.3) is 0 Å². The average Bonchev–Trinajstić information content (AvgIpc) is 2.46. The Bertz CT molecular complexity index is 485. The maximum atomic E-state index is 5.86. The van der Waals surface area contributed by atoms with E-state index in [9.17, 15) is 0 Å². The molecule has 0 aliphatic rings. The van der Waals surface area contributed by atoms with Crippen molar-refractivity contribution in [2.45, 2.75) is 6.04 Å². The number of benzene rings is 2. The van der Waals surface area contributed by atoms with Gasteiger partial charge in [0.2, 0.25) is 0 Å². The summed E-state index contributed by atoms with van der Waals surface area (Å²) in [5.41, 5.74) is 7.99. The minimum Gasteiger partial charge on any atom is -0.496 e. The molecule has 1 atom stereocenters. The van der Waals surface area contributed by atoms with E-state index < -0.39 is 0 Å². The van der Waals surface area contributed by atoms with Crippen LogP contribution in [0.5, 0.6) is 5.75 Å². The van der Waals surface area contributed by atoms with Gasteiger partial charge in [0.05, 0.1) is 13.2 Å². The Labute approximate surface area is 108 Å². The summed E-state index contributed by atoms with van der Waals surface area (Å²) in [4.78, 5) is 0. The third-order valence-electron chi connectivity index (χ3n) is 2.86. The van der Waals surface area contributed by atoms with Gasteiger partial charge in [-0.2, -0.15) is 0 Å². The quantitative estimate of drug-likeness (QED) is 0.847. The SMILES string of the molecule is COc1ccccc1C(CN)Nc1ccccc1. The van der Waals surface area contributed by atoms with Crippen LogP contribution < -0.4 is 15.8 Å². The minimum absolute atomic E-state index is 0.0450. The van der Waals surface area contributed by atoms with E-state index in [1.807, 2.05) is 54.6 Å². The van der Waals surface area contributed by atoms with Gasteiger partial charge in [-0.15, -0.1) is 0 Å². The van der Waals surface area contributed by atoms with E-state index in [1.54, 1.807) is 7.11 Å². The number of nitrogens with two attached hydrogens (primary N) is 1. The molecule has 2 aromatic rings. The molecule has 0 amide bonds. The summed E-state index contributed by atoms with van der Waals surface area (Å²) in [5, 5.41) is 3.41. The lowest BCUT2D eigenvalue weighted by Crippen LogP contribution is -2.21. The van der Waals surface area contributed by atoms with Crippen LogP contribution >= 0.6 is 0 Å². The van der Waals surface area contributed by atoms with E-state index >= 15 is 0 Å². The molecule has 3 heteroatoms. The van der Waals surface area contributed by atoms with Gasteiger partial charge in [-0.25, -0.2) is 0 Å². The van der Waals surface area contributed by atoms with Crippen molar-refractivity contribution in [3.05, 3.63) is 60.2 Å². The number of rotatable bonds is 5. The molecule has 0 aliphatic heterocycles. The van der Waals surface area contributed by atoms with Crippen molar-refractivity contribution in [2.75, 3.05) is 19.0 Å². The molecule has 0 heterocycles. The largest absolute Gasteiger partial charge is 0.496 e. The van der Waals surface area contributed by atoms with Gasteiger partial charge in [-0.3, -0.25) is 0 Å². The third kappa shape index (κ3) is 2.81. The summed E-state index contributed by atoms with van der Waals surface area (Å²) in [7, 11) is 1.68. The Kier molecular flexibility index (Phi) is 4.20. The van der Waals surface area contributed by atoms with E-state index in [0.717, 1.165) is 17.0 Å². The average molecular weight is 242 g/mol. The molecule has 3 N–H and O–H groups in total. The number of hydrogen-bond donors (Lipinski definition) is 2. The number of anilines is 1. The molecule has 18 heavy (non-hydrogen) atoms. The molecule has 0 aromatic heterocycles. The van der Waals surface area contributed by atoms with Gasteiger partial charge in [-0.1, -0.05) is 36.4 Å². The first-order valence-electron chi connectivity index (χ1n) is 5.99. The van der Waals surface area contributed by atoms with Crippen LogP contribution in [0.25, 0.3) is 0 Å². The van der Waals surface area contributed by atoms with E-state index in [-0.39, 0.29) is 6.04 Å². The Morgan fingerprint density at radius 3 is 2.39 bits per heavy atom. The second-order valence-electron chi connectivity index (χ2n) is 4.04. The number of para-hydroxylation sites is 2. The third-order valence-corrected chi connectivity index (χ3v) is 2.86. The van der Waals surface area contributed by atoms with Gasteiger partial charge < -0.3 is 15.8 Å². The van der Waals surface area contributed by atoms with Gasteiger partial charge >= 0.3 is 0 Å². The van der Waals surface area contributed by atoms with Gasteiger partial charge in [-0.05, 0) is 18.2 Å². The summed E-state index contributed by atoms with van der Waals surface area (Å²) in [6.07, 6.45) is 0. The van der Waals surface area contributed by atoms with Crippen molar-refractivity contribution in [3.8, 4) is 5.75 Å². The molecule has 2 aromatic carbocycles. The first kappa shape index (κ1) is 12.5. The van der Waals surface area contributed by atoms with Crippen LogP contribution in [-0.4, -0.2) is 13.7 Å². The molecule has 2 rings (SSSR count). The van der Waals surface area contributed by atoms with Crippen LogP contribution in [0.3, 0.4) is 0 Å². The fourth-order valence-corrected chi connectivity index (χ4v) is 1.95. The maximum Gasteiger partial charge on any atom is 0.124 e. The molecule has 0 saturated heterocycles. The lowest BCUT2D eigenvalue weighted by molar-refractivity contribution is 0.407. The predicted molar refractivity (Wildman–Crippen MR) is 74.9 cm³/mol. The monoisotopic (exact) mass is 242 g/mol. The van der Waals surface area contributed by atoms with Crippen molar-refractivity contribution in [2.24, 2.45) is 5.73 Å². The second-order valence-corrected chi connectivity index (χ2v) is 4.04. The van der Waals surface area contributed by atoms with E-state index in [0.29, 0.717) is 6.54 Å². The van der Waals surface area contributed by atoms with Crippen LogP contribution in [-0.2, 0) is 0 Å². The maximum absolute atomic E-state index is 5.86. The molecule has 0 aliphatic carbocycles. The highest BCUT2D eigenvalue weighted by Crippen LogP contribution is 2.26. The highest BCUT2D eigenvalue weighted by molar-refractivity contribution is 5.47. The van der Waals surface area contributed by atoms with Crippen LogP contribution in [0, 0.1) is 0 Å². The first-order valence-corrected chi connectivity index (χ1v) is 5.99. The summed E-state index contributed by atoms with van der Waals surface area (Å²) in [6, 6.07) is 18.0. The normalized spacial score (nSPS) is 11.9. The smallest absolute Gasteiger partial charge is 0.124 e. The number of hydrogen-bond acceptors (Lipinski definition) is 3. The summed E-state index contributed by atoms with van der Waals surface area (Å²) < 4.78 is 5.37. The van der Waals surface area contributed by atoms with E-state index in [4.69, 9.17) is 10.5 Å². The molecular weight excluding hydrogens is 224 g/mol. The summed E-state index contributed by atoms with van der Waals surface area (Å²) in [5.74, 6) is 0.858. The van der Waals surface area contributed by atoms with Crippen molar-refractivity contribution in [3.63, 3.8) is 0 Å². The van der Waals surface area contributed by atoms with Gasteiger partial charge in [0, 0.05) is 17.8 Å². The van der Waals surface area contributed by atoms with E-state index in [2.05, 4.69) is 5.32 Å². The highest BCUT2D eigenvalue weighted by Gasteiger charge is 2.13. The molecule has 0 spiro atoms. The number of methoxy groups -OCH3 is 1. The van der Waals surface area contributed by atoms with Crippen molar-refractivity contribution >= 4 is 5.69 Å². The van der Waals surface area contributed by atoms with Crippen LogP contribution in [0.15, 0.2) is 54.6 Å². The zero-order valence-corrected chi connectivity index (χ0v) is 10.5. The molecule has 0 saturated carbocycles. The molecule has 0 bridgehead atoms. The molecule has 0 radical (unpaired) electrons. The Morgan fingerprint density at radius 2 is 1.72 bits per heavy atom. The highest BCUT2D eigenvalue weighted by atomic mass is 16.5. The van der Waals surface area contributed by atoms with Gasteiger partial charge in [0.15, 0.2) is 0 Å². The molecule has 0 fully saturated rings. The number of ether oxygens (including phenoxy) is 1. The van der Waals surface area contributed by atoms with Crippen LogP contribution in [0.1, 0.15) is 11.6 Å². The zero-order chi connectivity index (χ0) is 12.8. The van der Waals surface area contributed by atoms with E-state index in [1.165, 1.54) is 0 Å². The fraction of sp³-hybridized carbons (Fsp3) is 0.200. The minimum atomic E-state index is 0.0450. The first-order chi connectivity index (χ1) is 8.85. The Balaban J connectivity index is 2.23. The Morgan fingerprint density at radius 1 is 1.06 bits per heavy atom. The van der Waals surface area contributed by atoms with Gasteiger partial charge in [0.1, 0.15) is 5.75 Å². The number of nitrogens with one attached hydrogen (secondary N) is 1. The van der Waals surface area contributed by atoms with Crippen LogP contribution in [0.4, 0.5) is 5.69 Å². The lowest BCUT2D eigenvalue weighted by atomic mass is 10.1. The topological polar surface area (TPSA) is 47.3 Å².